The number of carbonyl (C=O) groups is 1. The Kier molecular flexibility index (Phi) is 7.39. The number of benzene rings is 2. The number of likely N-dealkylation sites (tertiary alicyclic amines) is 1. The van der Waals surface area contributed by atoms with Crippen LogP contribution in [0.3, 0.4) is 0 Å². The number of amides is 1. The predicted octanol–water partition coefficient (Wildman–Crippen LogP) is 5.40. The van der Waals surface area contributed by atoms with Gasteiger partial charge < -0.3 is 20.3 Å². The van der Waals surface area contributed by atoms with E-state index in [4.69, 9.17) is 27.9 Å². The maximum Gasteiger partial charge on any atom is 0.238 e. The van der Waals surface area contributed by atoms with E-state index in [0.29, 0.717) is 41.1 Å². The molecule has 2 aromatic rings. The van der Waals surface area contributed by atoms with Crippen LogP contribution in [0.5, 0.6) is 11.5 Å². The fraction of sp³-hybridized carbons (Fsp3) is 0.480. The van der Waals surface area contributed by atoms with Gasteiger partial charge in [0.1, 0.15) is 0 Å². The second kappa shape index (κ2) is 10.1. The predicted molar refractivity (Wildman–Crippen MR) is 130 cm³/mol. The molecule has 178 valence electrons. The van der Waals surface area contributed by atoms with Crippen molar-refractivity contribution in [3.8, 4) is 11.5 Å². The number of hydrogen-bond donors (Lipinski definition) is 3. The number of nitrogens with one attached hydrogen (secondary N) is 1. The molecule has 0 aromatic heterocycles. The third-order valence-electron chi connectivity index (χ3n) is 6.85. The van der Waals surface area contributed by atoms with Gasteiger partial charge in [0, 0.05) is 23.5 Å². The van der Waals surface area contributed by atoms with E-state index in [1.807, 2.05) is 19.1 Å². The van der Waals surface area contributed by atoms with Crippen LogP contribution in [0, 0.1) is 5.92 Å². The quantitative estimate of drug-likeness (QED) is 0.502. The summed E-state index contributed by atoms with van der Waals surface area (Å²) in [6, 6.07) is 10.1. The molecular weight excluding hydrogens is 463 g/mol. The van der Waals surface area contributed by atoms with Crippen LogP contribution in [0.25, 0.3) is 0 Å². The number of ether oxygens (including phenoxy) is 1. The molecule has 2 aliphatic rings. The number of halogens is 2. The Balaban J connectivity index is 1.61. The molecule has 0 unspecified atom stereocenters. The summed E-state index contributed by atoms with van der Waals surface area (Å²) in [7, 11) is 0. The fourth-order valence-corrected chi connectivity index (χ4v) is 5.77. The Bertz CT molecular complexity index is 1020. The number of phenolic OH excluding ortho intramolecular Hbond substituents is 1. The third-order valence-corrected chi connectivity index (χ3v) is 7.40. The molecule has 2 fully saturated rings. The maximum absolute atomic E-state index is 13.0. The smallest absolute Gasteiger partial charge is 0.238 e. The zero-order chi connectivity index (χ0) is 23.6. The molecule has 0 bridgehead atoms. The Morgan fingerprint density at radius 1 is 1.21 bits per heavy atom. The van der Waals surface area contributed by atoms with Crippen molar-refractivity contribution in [2.45, 2.75) is 50.7 Å². The molecule has 1 saturated heterocycles. The second-order valence-electron chi connectivity index (χ2n) is 8.95. The Hall–Kier alpha value is -1.99. The van der Waals surface area contributed by atoms with Gasteiger partial charge in [0.05, 0.1) is 29.5 Å². The maximum atomic E-state index is 13.0. The first-order valence-electron chi connectivity index (χ1n) is 11.5. The van der Waals surface area contributed by atoms with Crippen molar-refractivity contribution in [1.29, 1.82) is 0 Å². The van der Waals surface area contributed by atoms with Crippen LogP contribution >= 0.6 is 23.2 Å². The van der Waals surface area contributed by atoms with Crippen LogP contribution in [-0.4, -0.2) is 46.3 Å². The molecule has 1 saturated carbocycles. The van der Waals surface area contributed by atoms with Gasteiger partial charge in [0.15, 0.2) is 11.5 Å². The van der Waals surface area contributed by atoms with Gasteiger partial charge in [-0.15, -0.1) is 0 Å². The van der Waals surface area contributed by atoms with Crippen molar-refractivity contribution in [3.63, 3.8) is 0 Å². The highest BCUT2D eigenvalue weighted by molar-refractivity contribution is 6.36. The average Bonchev–Trinajstić information content (AvgIpc) is 2.77. The van der Waals surface area contributed by atoms with Gasteiger partial charge in [-0.1, -0.05) is 42.1 Å². The first kappa shape index (κ1) is 24.1. The van der Waals surface area contributed by atoms with Crippen LogP contribution in [0.2, 0.25) is 10.0 Å². The SMILES string of the molecule is CCOc1cc([C@@H]2[C@@H]3CCCC[C@@]3(O)CCN2CC(=O)Nc2ccc(Cl)cc2Cl)ccc1O. The number of fused-ring (bicyclic) bond motifs is 1. The van der Waals surface area contributed by atoms with E-state index < -0.39 is 5.60 Å². The van der Waals surface area contributed by atoms with Gasteiger partial charge >= 0.3 is 0 Å². The summed E-state index contributed by atoms with van der Waals surface area (Å²) in [4.78, 5) is 15.1. The number of aliphatic hydroxyl groups is 1. The lowest BCUT2D eigenvalue weighted by atomic mass is 9.66. The summed E-state index contributed by atoms with van der Waals surface area (Å²) in [5.41, 5.74) is 0.689. The normalized spacial score (nSPS) is 25.3. The van der Waals surface area contributed by atoms with Crippen molar-refractivity contribution in [2.24, 2.45) is 5.92 Å². The van der Waals surface area contributed by atoms with E-state index in [2.05, 4.69) is 10.2 Å². The van der Waals surface area contributed by atoms with E-state index in [1.165, 1.54) is 0 Å². The number of rotatable bonds is 6. The number of piperidine rings is 1. The minimum Gasteiger partial charge on any atom is -0.504 e. The summed E-state index contributed by atoms with van der Waals surface area (Å²) in [6.07, 6.45) is 4.33. The van der Waals surface area contributed by atoms with Crippen LogP contribution in [0.1, 0.15) is 50.6 Å². The number of aromatic hydroxyl groups is 1. The highest BCUT2D eigenvalue weighted by atomic mass is 35.5. The summed E-state index contributed by atoms with van der Waals surface area (Å²) in [5, 5.41) is 25.4. The van der Waals surface area contributed by atoms with Crippen molar-refractivity contribution < 1.29 is 19.7 Å². The second-order valence-corrected chi connectivity index (χ2v) is 9.80. The summed E-state index contributed by atoms with van der Waals surface area (Å²) in [6.45, 7) is 3.04. The molecule has 3 N–H and O–H groups in total. The van der Waals surface area contributed by atoms with Crippen LogP contribution in [-0.2, 0) is 4.79 Å². The van der Waals surface area contributed by atoms with Crippen LogP contribution < -0.4 is 10.1 Å². The standard InChI is InChI=1S/C25H30Cl2N2O4/c1-2-33-22-13-16(6-9-21(22)30)24-18-5-3-4-10-25(18,32)11-12-29(24)15-23(31)28-20-8-7-17(26)14-19(20)27/h6-9,13-14,18,24,30,32H,2-5,10-12,15H2,1H3,(H,28,31)/t18-,24+,25+/m0/s1. The summed E-state index contributed by atoms with van der Waals surface area (Å²) < 4.78 is 5.61. The van der Waals surface area contributed by atoms with Crippen LogP contribution in [0.4, 0.5) is 5.69 Å². The number of hydrogen-bond acceptors (Lipinski definition) is 5. The molecule has 1 amide bonds. The fourth-order valence-electron chi connectivity index (χ4n) is 5.31. The monoisotopic (exact) mass is 492 g/mol. The lowest BCUT2D eigenvalue weighted by Crippen LogP contribution is -2.56. The average molecular weight is 493 g/mol. The van der Waals surface area contributed by atoms with E-state index in [-0.39, 0.29) is 30.2 Å². The molecule has 0 radical (unpaired) electrons. The van der Waals surface area contributed by atoms with Crippen LogP contribution in [0.15, 0.2) is 36.4 Å². The van der Waals surface area contributed by atoms with Crippen molar-refractivity contribution in [2.75, 3.05) is 25.0 Å². The first-order chi connectivity index (χ1) is 15.8. The number of anilines is 1. The van der Waals surface area contributed by atoms with E-state index in [1.54, 1.807) is 24.3 Å². The molecule has 2 aromatic carbocycles. The molecule has 1 heterocycles. The minimum atomic E-state index is -0.751. The van der Waals surface area contributed by atoms with Crippen molar-refractivity contribution >= 4 is 34.8 Å². The third kappa shape index (κ3) is 5.24. The molecular formula is C25H30Cl2N2O4. The largest absolute Gasteiger partial charge is 0.504 e. The number of phenols is 1. The van der Waals surface area contributed by atoms with Crippen molar-refractivity contribution in [1.82, 2.24) is 4.90 Å². The zero-order valence-corrected chi connectivity index (χ0v) is 20.2. The molecule has 0 spiro atoms. The molecule has 33 heavy (non-hydrogen) atoms. The van der Waals surface area contributed by atoms with E-state index in [9.17, 15) is 15.0 Å². The van der Waals surface area contributed by atoms with E-state index >= 15 is 0 Å². The van der Waals surface area contributed by atoms with Gasteiger partial charge in [-0.05, 0) is 62.1 Å². The van der Waals surface area contributed by atoms with E-state index in [0.717, 1.165) is 31.2 Å². The number of nitrogens with zero attached hydrogens (tertiary/aromatic N) is 1. The van der Waals surface area contributed by atoms with Gasteiger partial charge in [-0.3, -0.25) is 9.69 Å². The first-order valence-corrected chi connectivity index (χ1v) is 12.2. The molecule has 1 aliphatic carbocycles. The molecule has 6 nitrogen and oxygen atoms in total. The topological polar surface area (TPSA) is 82.0 Å². The molecule has 1 aliphatic heterocycles. The Morgan fingerprint density at radius 2 is 2.03 bits per heavy atom. The molecule has 3 atom stereocenters. The van der Waals surface area contributed by atoms with Gasteiger partial charge in [0.2, 0.25) is 5.91 Å². The van der Waals surface area contributed by atoms with Gasteiger partial charge in [-0.2, -0.15) is 0 Å². The number of carbonyl (C=O) groups excluding carboxylic acids is 1. The Morgan fingerprint density at radius 3 is 2.79 bits per heavy atom. The van der Waals surface area contributed by atoms with Crippen molar-refractivity contribution in [3.05, 3.63) is 52.0 Å². The lowest BCUT2D eigenvalue weighted by Gasteiger charge is -2.52. The molecule has 4 rings (SSSR count). The highest BCUT2D eigenvalue weighted by Gasteiger charge is 2.49. The zero-order valence-electron chi connectivity index (χ0n) is 18.7. The minimum absolute atomic E-state index is 0.00839. The highest BCUT2D eigenvalue weighted by Crippen LogP contribution is 2.50. The molecule has 8 heteroatoms. The lowest BCUT2D eigenvalue weighted by molar-refractivity contribution is -0.135. The van der Waals surface area contributed by atoms with Gasteiger partial charge in [-0.25, -0.2) is 0 Å². The van der Waals surface area contributed by atoms with Gasteiger partial charge in [0.25, 0.3) is 0 Å². The summed E-state index contributed by atoms with van der Waals surface area (Å²) >= 11 is 12.2. The summed E-state index contributed by atoms with van der Waals surface area (Å²) in [5.74, 6) is 0.300. The Labute approximate surface area is 204 Å².